The van der Waals surface area contributed by atoms with Crippen molar-refractivity contribution in [2.75, 3.05) is 7.11 Å². The van der Waals surface area contributed by atoms with Crippen LogP contribution in [0.25, 0.3) is 22.2 Å². The lowest BCUT2D eigenvalue weighted by Gasteiger charge is -2.04. The number of methoxy groups -OCH3 is 1. The summed E-state index contributed by atoms with van der Waals surface area (Å²) in [5.41, 5.74) is 5.40. The van der Waals surface area contributed by atoms with Crippen molar-refractivity contribution in [1.29, 1.82) is 5.26 Å². The molecule has 2 aromatic carbocycles. The van der Waals surface area contributed by atoms with Gasteiger partial charge in [-0.15, -0.1) is 0 Å². The highest BCUT2D eigenvalue weighted by atomic mass is 16.5. The molecule has 0 fully saturated rings. The molecule has 0 spiro atoms. The van der Waals surface area contributed by atoms with Crippen molar-refractivity contribution in [3.8, 4) is 23.1 Å². The first kappa shape index (κ1) is 13.3. The number of nitrogens with zero attached hydrogens (tertiary/aromatic N) is 1. The fourth-order valence-corrected chi connectivity index (χ4v) is 2.63. The molecule has 0 aliphatic rings. The molecule has 1 N–H and O–H groups in total. The van der Waals surface area contributed by atoms with Crippen LogP contribution in [-0.2, 0) is 6.42 Å². The molecule has 3 heteroatoms. The summed E-state index contributed by atoms with van der Waals surface area (Å²) in [6.07, 6.45) is 0.394. The lowest BCUT2D eigenvalue weighted by Crippen LogP contribution is -1.87. The van der Waals surface area contributed by atoms with Crippen LogP contribution < -0.4 is 4.74 Å². The van der Waals surface area contributed by atoms with Gasteiger partial charge in [0.1, 0.15) is 5.75 Å². The van der Waals surface area contributed by atoms with E-state index >= 15 is 0 Å². The van der Waals surface area contributed by atoms with E-state index in [4.69, 9.17) is 10.00 Å². The summed E-state index contributed by atoms with van der Waals surface area (Å²) in [6.45, 7) is 2.07. The summed E-state index contributed by atoms with van der Waals surface area (Å²) in [7, 11) is 1.65. The number of fused-ring (bicyclic) bond motifs is 1. The van der Waals surface area contributed by atoms with E-state index in [0.29, 0.717) is 6.42 Å². The quantitative estimate of drug-likeness (QED) is 0.778. The van der Waals surface area contributed by atoms with Crippen LogP contribution in [0.5, 0.6) is 5.75 Å². The Morgan fingerprint density at radius 3 is 2.57 bits per heavy atom. The minimum absolute atomic E-state index is 0.394. The number of H-pyrrole nitrogens is 1. The van der Waals surface area contributed by atoms with Crippen molar-refractivity contribution in [1.82, 2.24) is 4.98 Å². The van der Waals surface area contributed by atoms with Crippen molar-refractivity contribution < 1.29 is 4.74 Å². The standard InChI is InChI=1S/C18H16N2O/c1-12-3-8-17-16(11-12)15(9-10-19)18(20-17)13-4-6-14(21-2)7-5-13/h3-8,11,20H,9H2,1-2H3. The average molecular weight is 276 g/mol. The number of aromatic amines is 1. The molecule has 0 atom stereocenters. The number of rotatable bonds is 3. The van der Waals surface area contributed by atoms with Gasteiger partial charge in [-0.25, -0.2) is 0 Å². The maximum Gasteiger partial charge on any atom is 0.118 e. The molecule has 104 valence electrons. The first-order valence-corrected chi connectivity index (χ1v) is 6.85. The Labute approximate surface area is 123 Å². The van der Waals surface area contributed by atoms with Crippen molar-refractivity contribution in [3.63, 3.8) is 0 Å². The van der Waals surface area contributed by atoms with E-state index < -0.39 is 0 Å². The van der Waals surface area contributed by atoms with Crippen molar-refractivity contribution in [2.45, 2.75) is 13.3 Å². The number of benzene rings is 2. The molecule has 0 aliphatic carbocycles. The molecule has 0 radical (unpaired) electrons. The Bertz CT molecular complexity index is 823. The largest absolute Gasteiger partial charge is 0.497 e. The fourth-order valence-electron chi connectivity index (χ4n) is 2.63. The maximum atomic E-state index is 9.14. The van der Waals surface area contributed by atoms with Crippen LogP contribution >= 0.6 is 0 Å². The van der Waals surface area contributed by atoms with Crippen LogP contribution in [0, 0.1) is 18.3 Å². The van der Waals surface area contributed by atoms with Gasteiger partial charge in [-0.05, 0) is 54.4 Å². The number of hydrogen-bond acceptors (Lipinski definition) is 2. The predicted molar refractivity (Wildman–Crippen MR) is 84.3 cm³/mol. The average Bonchev–Trinajstić information content (AvgIpc) is 2.86. The molecule has 0 saturated heterocycles. The molecule has 1 heterocycles. The highest BCUT2D eigenvalue weighted by Gasteiger charge is 2.13. The van der Waals surface area contributed by atoms with E-state index in [9.17, 15) is 0 Å². The number of nitrogens with one attached hydrogen (secondary N) is 1. The van der Waals surface area contributed by atoms with Crippen LogP contribution in [0.1, 0.15) is 11.1 Å². The van der Waals surface area contributed by atoms with E-state index in [0.717, 1.165) is 33.5 Å². The normalized spacial score (nSPS) is 10.5. The van der Waals surface area contributed by atoms with Gasteiger partial charge in [0.15, 0.2) is 0 Å². The second-order valence-electron chi connectivity index (χ2n) is 5.09. The Morgan fingerprint density at radius 1 is 1.14 bits per heavy atom. The zero-order valence-electron chi connectivity index (χ0n) is 12.1. The highest BCUT2D eigenvalue weighted by Crippen LogP contribution is 2.32. The van der Waals surface area contributed by atoms with E-state index in [1.165, 1.54) is 5.56 Å². The molecule has 3 aromatic rings. The SMILES string of the molecule is COc1ccc(-c2[nH]c3ccc(C)cc3c2CC#N)cc1. The lowest BCUT2D eigenvalue weighted by molar-refractivity contribution is 0.415. The van der Waals surface area contributed by atoms with Crippen molar-refractivity contribution in [3.05, 3.63) is 53.6 Å². The van der Waals surface area contributed by atoms with Gasteiger partial charge < -0.3 is 9.72 Å². The monoisotopic (exact) mass is 276 g/mol. The summed E-state index contributed by atoms with van der Waals surface area (Å²) in [6, 6.07) is 16.4. The van der Waals surface area contributed by atoms with Crippen LogP contribution in [0.4, 0.5) is 0 Å². The Balaban J connectivity index is 2.20. The first-order valence-electron chi connectivity index (χ1n) is 6.85. The molecular formula is C18H16N2O. The topological polar surface area (TPSA) is 48.8 Å². The van der Waals surface area contributed by atoms with Gasteiger partial charge >= 0.3 is 0 Å². The van der Waals surface area contributed by atoms with Gasteiger partial charge in [-0.2, -0.15) is 5.26 Å². The lowest BCUT2D eigenvalue weighted by atomic mass is 10.0. The Kier molecular flexibility index (Phi) is 3.37. The van der Waals surface area contributed by atoms with Crippen LogP contribution in [0.3, 0.4) is 0 Å². The minimum Gasteiger partial charge on any atom is -0.497 e. The van der Waals surface area contributed by atoms with Crippen molar-refractivity contribution in [2.24, 2.45) is 0 Å². The summed E-state index contributed by atoms with van der Waals surface area (Å²) >= 11 is 0. The molecule has 0 unspecified atom stereocenters. The molecule has 21 heavy (non-hydrogen) atoms. The summed E-state index contributed by atoms with van der Waals surface area (Å²) in [5, 5.41) is 10.3. The van der Waals surface area contributed by atoms with Crippen LogP contribution in [0.2, 0.25) is 0 Å². The molecule has 0 aliphatic heterocycles. The molecule has 0 amide bonds. The minimum atomic E-state index is 0.394. The smallest absolute Gasteiger partial charge is 0.118 e. The Morgan fingerprint density at radius 2 is 1.90 bits per heavy atom. The van der Waals surface area contributed by atoms with Gasteiger partial charge in [0.2, 0.25) is 0 Å². The molecule has 1 aromatic heterocycles. The number of aromatic nitrogens is 1. The third-order valence-corrected chi connectivity index (χ3v) is 3.70. The van der Waals surface area contributed by atoms with Crippen LogP contribution in [-0.4, -0.2) is 12.1 Å². The molecule has 0 saturated carbocycles. The first-order chi connectivity index (χ1) is 10.2. The summed E-state index contributed by atoms with van der Waals surface area (Å²) in [5.74, 6) is 0.826. The number of aryl methyl sites for hydroxylation is 1. The molecule has 3 nitrogen and oxygen atoms in total. The molecule has 0 bridgehead atoms. The van der Waals surface area contributed by atoms with Gasteiger partial charge in [0.05, 0.1) is 25.3 Å². The van der Waals surface area contributed by atoms with E-state index in [-0.39, 0.29) is 0 Å². The van der Waals surface area contributed by atoms with Crippen LogP contribution in [0.15, 0.2) is 42.5 Å². The Hall–Kier alpha value is -2.73. The van der Waals surface area contributed by atoms with Gasteiger partial charge in [-0.3, -0.25) is 0 Å². The number of ether oxygens (including phenoxy) is 1. The highest BCUT2D eigenvalue weighted by molar-refractivity contribution is 5.91. The second kappa shape index (κ2) is 5.34. The predicted octanol–water partition coefficient (Wildman–Crippen LogP) is 4.22. The summed E-state index contributed by atoms with van der Waals surface area (Å²) < 4.78 is 5.19. The van der Waals surface area contributed by atoms with E-state index in [2.05, 4.69) is 36.2 Å². The zero-order valence-corrected chi connectivity index (χ0v) is 12.1. The molecular weight excluding hydrogens is 260 g/mol. The number of hydrogen-bond donors (Lipinski definition) is 1. The number of nitriles is 1. The maximum absolute atomic E-state index is 9.14. The van der Waals surface area contributed by atoms with Gasteiger partial charge in [-0.1, -0.05) is 11.6 Å². The van der Waals surface area contributed by atoms with E-state index in [1.54, 1.807) is 7.11 Å². The van der Waals surface area contributed by atoms with Gasteiger partial charge in [0, 0.05) is 10.9 Å². The fraction of sp³-hybridized carbons (Fsp3) is 0.167. The van der Waals surface area contributed by atoms with E-state index in [1.807, 2.05) is 24.3 Å². The third kappa shape index (κ3) is 2.36. The van der Waals surface area contributed by atoms with Gasteiger partial charge in [0.25, 0.3) is 0 Å². The summed E-state index contributed by atoms with van der Waals surface area (Å²) in [4.78, 5) is 3.44. The molecule has 3 rings (SSSR count). The zero-order chi connectivity index (χ0) is 14.8. The second-order valence-corrected chi connectivity index (χ2v) is 5.09. The third-order valence-electron chi connectivity index (χ3n) is 3.70. The van der Waals surface area contributed by atoms with Crippen molar-refractivity contribution >= 4 is 10.9 Å².